The molecule has 3 aromatic rings. The van der Waals surface area contributed by atoms with E-state index in [1.165, 1.54) is 85.0 Å². The monoisotopic (exact) mass is 818 g/mol. The zero-order valence-electron chi connectivity index (χ0n) is 42.1. The smallest absolute Gasteiger partial charge is 0.0849 e. The highest BCUT2D eigenvalue weighted by Crippen LogP contribution is 2.45. The SMILES string of the molecule is CC(=Nc1c(C(CC(C)C)CC(C)C)cccc1C(CC(C)C)CC(C)C)c1cccc(C(C)=Nc2c(C(CC(C)C)CC(C)C)cccc2C(CC(C)C)CC(C)C)n1. The van der Waals surface area contributed by atoms with Crippen LogP contribution in [0.1, 0.15) is 233 Å². The lowest BCUT2D eigenvalue weighted by Gasteiger charge is -2.28. The van der Waals surface area contributed by atoms with E-state index in [0.717, 1.165) is 22.8 Å². The van der Waals surface area contributed by atoms with Crippen LogP contribution in [0, 0.1) is 47.3 Å². The van der Waals surface area contributed by atoms with Gasteiger partial charge in [-0.05, 0) is 171 Å². The molecule has 0 fully saturated rings. The third-order valence-electron chi connectivity index (χ3n) is 12.1. The summed E-state index contributed by atoms with van der Waals surface area (Å²) >= 11 is 0. The average molecular weight is 818 g/mol. The van der Waals surface area contributed by atoms with E-state index in [2.05, 4.69) is 179 Å². The second kappa shape index (κ2) is 24.5. The second-order valence-corrected chi connectivity index (χ2v) is 22.2. The van der Waals surface area contributed by atoms with Gasteiger partial charge in [0, 0.05) is 0 Å². The number of para-hydroxylation sites is 2. The fraction of sp³-hybridized carbons (Fsp3) is 0.667. The van der Waals surface area contributed by atoms with Gasteiger partial charge in [0.1, 0.15) is 0 Å². The minimum absolute atomic E-state index is 0.462. The zero-order chi connectivity index (χ0) is 44.8. The number of nitrogens with zero attached hydrogens (tertiary/aromatic N) is 3. The van der Waals surface area contributed by atoms with Gasteiger partial charge in [0.2, 0.25) is 0 Å². The van der Waals surface area contributed by atoms with E-state index < -0.39 is 0 Å². The first-order valence-corrected chi connectivity index (χ1v) is 24.5. The Kier molecular flexibility index (Phi) is 21.0. The van der Waals surface area contributed by atoms with E-state index in [9.17, 15) is 0 Å². The van der Waals surface area contributed by atoms with Crippen molar-refractivity contribution in [2.45, 2.75) is 200 Å². The van der Waals surface area contributed by atoms with Crippen LogP contribution in [0.25, 0.3) is 0 Å². The Morgan fingerprint density at radius 3 is 0.750 bits per heavy atom. The molecule has 1 aromatic heterocycles. The van der Waals surface area contributed by atoms with E-state index >= 15 is 0 Å². The molecule has 0 bridgehead atoms. The predicted molar refractivity (Wildman–Crippen MR) is 267 cm³/mol. The van der Waals surface area contributed by atoms with Gasteiger partial charge in [-0.15, -0.1) is 0 Å². The minimum Gasteiger partial charge on any atom is -0.251 e. The van der Waals surface area contributed by atoms with Gasteiger partial charge in [-0.25, -0.2) is 4.98 Å². The summed E-state index contributed by atoms with van der Waals surface area (Å²) in [7, 11) is 0. The molecule has 0 aliphatic carbocycles. The van der Waals surface area contributed by atoms with Gasteiger partial charge >= 0.3 is 0 Å². The van der Waals surface area contributed by atoms with Gasteiger partial charge < -0.3 is 0 Å². The van der Waals surface area contributed by atoms with E-state index in [1.54, 1.807) is 0 Å². The maximum atomic E-state index is 5.68. The van der Waals surface area contributed by atoms with Crippen LogP contribution in [0.5, 0.6) is 0 Å². The molecular weight excluding hydrogens is 727 g/mol. The first-order chi connectivity index (χ1) is 28.2. The molecule has 0 amide bonds. The van der Waals surface area contributed by atoms with Crippen LogP contribution in [0.2, 0.25) is 0 Å². The maximum absolute atomic E-state index is 5.68. The van der Waals surface area contributed by atoms with Crippen molar-refractivity contribution in [1.29, 1.82) is 0 Å². The number of rotatable bonds is 24. The molecule has 334 valence electrons. The quantitative estimate of drug-likeness (QED) is 0.0830. The molecule has 0 saturated heterocycles. The Morgan fingerprint density at radius 1 is 0.350 bits per heavy atom. The van der Waals surface area contributed by atoms with Crippen molar-refractivity contribution < 1.29 is 0 Å². The number of pyridine rings is 1. The van der Waals surface area contributed by atoms with Gasteiger partial charge in [0.25, 0.3) is 0 Å². The van der Waals surface area contributed by atoms with Crippen LogP contribution in [-0.2, 0) is 0 Å². The Balaban J connectivity index is 2.32. The first-order valence-electron chi connectivity index (χ1n) is 24.5. The number of benzene rings is 2. The van der Waals surface area contributed by atoms with Crippen molar-refractivity contribution in [3.8, 4) is 0 Å². The lowest BCUT2D eigenvalue weighted by atomic mass is 9.78. The highest BCUT2D eigenvalue weighted by atomic mass is 14.8. The lowest BCUT2D eigenvalue weighted by Crippen LogP contribution is -2.12. The molecule has 0 atom stereocenters. The van der Waals surface area contributed by atoms with Gasteiger partial charge in [0.15, 0.2) is 0 Å². The van der Waals surface area contributed by atoms with Crippen LogP contribution < -0.4 is 0 Å². The summed E-state index contributed by atoms with van der Waals surface area (Å²) < 4.78 is 0. The number of aliphatic imine (C=N–C) groups is 2. The number of hydrogen-bond acceptors (Lipinski definition) is 3. The van der Waals surface area contributed by atoms with E-state index in [-0.39, 0.29) is 0 Å². The molecule has 0 aliphatic rings. The van der Waals surface area contributed by atoms with Gasteiger partial charge in [-0.3, -0.25) is 9.98 Å². The molecule has 3 nitrogen and oxygen atoms in total. The molecule has 0 radical (unpaired) electrons. The highest BCUT2D eigenvalue weighted by Gasteiger charge is 2.27. The predicted octanol–water partition coefficient (Wildman–Crippen LogP) is 18.1. The van der Waals surface area contributed by atoms with Crippen molar-refractivity contribution in [2.75, 3.05) is 0 Å². The maximum Gasteiger partial charge on any atom is 0.0849 e. The van der Waals surface area contributed by atoms with Crippen LogP contribution in [-0.4, -0.2) is 16.4 Å². The van der Waals surface area contributed by atoms with Crippen molar-refractivity contribution in [3.05, 3.63) is 88.2 Å². The minimum atomic E-state index is 0.462. The van der Waals surface area contributed by atoms with Crippen molar-refractivity contribution in [1.82, 2.24) is 4.98 Å². The van der Waals surface area contributed by atoms with Crippen LogP contribution >= 0.6 is 0 Å². The van der Waals surface area contributed by atoms with Gasteiger partial charge in [0.05, 0.1) is 34.2 Å². The third-order valence-corrected chi connectivity index (χ3v) is 12.1. The molecule has 3 rings (SSSR count). The first kappa shape index (κ1) is 51.3. The molecule has 2 aromatic carbocycles. The fourth-order valence-corrected chi connectivity index (χ4v) is 9.98. The fourth-order valence-electron chi connectivity index (χ4n) is 9.98. The van der Waals surface area contributed by atoms with Crippen molar-refractivity contribution >= 4 is 22.8 Å². The summed E-state index contributed by atoms with van der Waals surface area (Å²) in [6, 6.07) is 20.7. The number of hydrogen-bond donors (Lipinski definition) is 0. The topological polar surface area (TPSA) is 37.6 Å². The molecule has 1 heterocycles. The molecular formula is C57H91N3. The van der Waals surface area contributed by atoms with E-state index in [4.69, 9.17) is 15.0 Å². The molecule has 0 unspecified atom stereocenters. The standard InChI is InChI=1S/C57H91N3/c1-36(2)28-46(29-37(3)4)50-22-19-23-51(47(30-38(5)6)31-39(7)8)56(50)58-44(17)54-26-21-27-55(60-54)45(18)59-57-52(48(32-40(9)10)33-41(11)12)24-20-25-53(57)49(34-42(13)14)35-43(15)16/h19-27,36-43,46-49H,28-35H2,1-18H3. The summed E-state index contributed by atoms with van der Waals surface area (Å²) in [5.74, 6) is 6.74. The van der Waals surface area contributed by atoms with Crippen molar-refractivity contribution in [3.63, 3.8) is 0 Å². The van der Waals surface area contributed by atoms with Crippen LogP contribution in [0.4, 0.5) is 11.4 Å². The summed E-state index contributed by atoms with van der Waals surface area (Å²) in [5.41, 5.74) is 11.9. The summed E-state index contributed by atoms with van der Waals surface area (Å²) in [5, 5.41) is 0. The molecule has 3 heteroatoms. The second-order valence-electron chi connectivity index (χ2n) is 22.2. The van der Waals surface area contributed by atoms with Crippen LogP contribution in [0.15, 0.2) is 64.6 Å². The van der Waals surface area contributed by atoms with Crippen LogP contribution in [0.3, 0.4) is 0 Å². The highest BCUT2D eigenvalue weighted by molar-refractivity contribution is 6.02. The Bertz CT molecular complexity index is 1530. The zero-order valence-corrected chi connectivity index (χ0v) is 42.1. The lowest BCUT2D eigenvalue weighted by molar-refractivity contribution is 0.417. The molecule has 0 aliphatic heterocycles. The Labute approximate surface area is 371 Å². The molecule has 0 N–H and O–H groups in total. The van der Waals surface area contributed by atoms with Gasteiger partial charge in [-0.1, -0.05) is 153 Å². The molecule has 60 heavy (non-hydrogen) atoms. The third kappa shape index (κ3) is 16.3. The largest absolute Gasteiger partial charge is 0.251 e. The molecule has 0 saturated carbocycles. The normalized spacial score (nSPS) is 13.4. The van der Waals surface area contributed by atoms with Crippen molar-refractivity contribution in [2.24, 2.45) is 57.3 Å². The van der Waals surface area contributed by atoms with E-state index in [1.807, 2.05) is 0 Å². The summed E-state index contributed by atoms with van der Waals surface area (Å²) in [4.78, 5) is 16.8. The summed E-state index contributed by atoms with van der Waals surface area (Å²) in [6.07, 6.45) is 9.33. The summed E-state index contributed by atoms with van der Waals surface area (Å²) in [6.45, 7) is 42.3. The molecule has 0 spiro atoms. The average Bonchev–Trinajstić information content (AvgIpc) is 3.12. The van der Waals surface area contributed by atoms with Gasteiger partial charge in [-0.2, -0.15) is 0 Å². The Hall–Kier alpha value is -3.07. The van der Waals surface area contributed by atoms with E-state index in [0.29, 0.717) is 71.0 Å². The number of aromatic nitrogens is 1. The Morgan fingerprint density at radius 2 is 0.550 bits per heavy atom.